The van der Waals surface area contributed by atoms with Gasteiger partial charge in [0, 0.05) is 61.0 Å². The number of rotatable bonds is 5. The molecule has 2 atom stereocenters. The SMILES string of the molecule is CNc1cc(F)c(F)c2c1[nH]c1nc(N3CC(F)C(N(C)C)C3)c(-c3cnc4c(c3)c(=O)c(C(=O)O)cn4C)cc12. The summed E-state index contributed by atoms with van der Waals surface area (Å²) in [5.41, 5.74) is 0.806. The number of carboxylic acids is 1. The molecule has 212 valence electrons. The van der Waals surface area contributed by atoms with E-state index in [1.807, 2.05) is 0 Å². The van der Waals surface area contributed by atoms with Gasteiger partial charge in [0.05, 0.1) is 29.2 Å². The topological polar surface area (TPSA) is 119 Å². The van der Waals surface area contributed by atoms with Crippen LogP contribution in [0.25, 0.3) is 44.1 Å². The summed E-state index contributed by atoms with van der Waals surface area (Å²) in [4.78, 5) is 40.6. The zero-order chi connectivity index (χ0) is 29.3. The average molecular weight is 566 g/mol. The van der Waals surface area contributed by atoms with Crippen molar-refractivity contribution in [2.45, 2.75) is 12.2 Å². The summed E-state index contributed by atoms with van der Waals surface area (Å²) in [6.07, 6.45) is 1.51. The van der Waals surface area contributed by atoms with E-state index in [1.165, 1.54) is 23.0 Å². The zero-order valence-electron chi connectivity index (χ0n) is 22.6. The molecule has 0 bridgehead atoms. The minimum Gasteiger partial charge on any atom is -0.477 e. The normalized spacial score (nSPS) is 17.4. The number of nitrogens with one attached hydrogen (secondary N) is 2. The Morgan fingerprint density at radius 1 is 1.20 bits per heavy atom. The molecule has 1 aromatic carbocycles. The summed E-state index contributed by atoms with van der Waals surface area (Å²) in [6.45, 7) is 0.335. The van der Waals surface area contributed by atoms with Crippen molar-refractivity contribution in [3.05, 3.63) is 58.0 Å². The van der Waals surface area contributed by atoms with E-state index in [1.54, 1.807) is 44.1 Å². The van der Waals surface area contributed by atoms with Crippen molar-refractivity contribution in [2.75, 3.05) is 44.4 Å². The molecule has 0 amide bonds. The first-order valence-corrected chi connectivity index (χ1v) is 12.8. The van der Waals surface area contributed by atoms with Crippen molar-refractivity contribution in [3.63, 3.8) is 0 Å². The molecule has 1 aliphatic heterocycles. The van der Waals surface area contributed by atoms with Gasteiger partial charge in [0.15, 0.2) is 11.6 Å². The maximum absolute atomic E-state index is 15.2. The minimum atomic E-state index is -1.38. The molecule has 2 unspecified atom stereocenters. The third-order valence-electron chi connectivity index (χ3n) is 7.74. The maximum atomic E-state index is 15.2. The Morgan fingerprint density at radius 2 is 1.95 bits per heavy atom. The van der Waals surface area contributed by atoms with Gasteiger partial charge in [-0.25, -0.2) is 27.9 Å². The highest BCUT2D eigenvalue weighted by molar-refractivity contribution is 6.12. The van der Waals surface area contributed by atoms with Crippen LogP contribution in [0.5, 0.6) is 0 Å². The van der Waals surface area contributed by atoms with Crippen molar-refractivity contribution in [2.24, 2.45) is 7.05 Å². The highest BCUT2D eigenvalue weighted by atomic mass is 19.2. The van der Waals surface area contributed by atoms with E-state index >= 15 is 8.78 Å². The molecule has 3 N–H and O–H groups in total. The first kappa shape index (κ1) is 26.6. The fraction of sp³-hybridized carbons (Fsp3) is 0.286. The predicted octanol–water partition coefficient (Wildman–Crippen LogP) is 3.74. The Labute approximate surface area is 231 Å². The van der Waals surface area contributed by atoms with Gasteiger partial charge < -0.3 is 29.8 Å². The number of hydrogen-bond donors (Lipinski definition) is 3. The fourth-order valence-electron chi connectivity index (χ4n) is 5.64. The van der Waals surface area contributed by atoms with E-state index in [0.717, 1.165) is 6.07 Å². The molecular weight excluding hydrogens is 539 g/mol. The van der Waals surface area contributed by atoms with Crippen LogP contribution in [0.2, 0.25) is 0 Å². The number of pyridine rings is 3. The Kier molecular flexibility index (Phi) is 6.14. The van der Waals surface area contributed by atoms with E-state index in [2.05, 4.69) is 15.3 Å². The third kappa shape index (κ3) is 4.06. The van der Waals surface area contributed by atoms with Crippen LogP contribution in [0.1, 0.15) is 10.4 Å². The van der Waals surface area contributed by atoms with Crippen LogP contribution in [-0.2, 0) is 7.05 Å². The molecule has 41 heavy (non-hydrogen) atoms. The Hall–Kier alpha value is -4.65. The van der Waals surface area contributed by atoms with E-state index < -0.39 is 40.8 Å². The Bertz CT molecular complexity index is 1950. The van der Waals surface area contributed by atoms with E-state index in [9.17, 15) is 19.1 Å². The van der Waals surface area contributed by atoms with Crippen LogP contribution in [0, 0.1) is 11.6 Å². The van der Waals surface area contributed by atoms with Crippen LogP contribution in [0.3, 0.4) is 0 Å². The molecule has 5 aromatic rings. The quantitative estimate of drug-likeness (QED) is 0.295. The lowest BCUT2D eigenvalue weighted by Crippen LogP contribution is -2.36. The number of aromatic amines is 1. The number of hydrogen-bond acceptors (Lipinski definition) is 7. The van der Waals surface area contributed by atoms with Gasteiger partial charge in [-0.2, -0.15) is 0 Å². The summed E-state index contributed by atoms with van der Waals surface area (Å²) in [5.74, 6) is -3.12. The van der Waals surface area contributed by atoms with Gasteiger partial charge in [-0.15, -0.1) is 0 Å². The summed E-state index contributed by atoms with van der Waals surface area (Å²) in [7, 11) is 6.74. The van der Waals surface area contributed by atoms with Crippen LogP contribution < -0.4 is 15.6 Å². The highest BCUT2D eigenvalue weighted by Gasteiger charge is 2.36. The molecule has 0 aliphatic carbocycles. The number of aryl methyl sites for hydroxylation is 1. The first-order valence-electron chi connectivity index (χ1n) is 12.8. The van der Waals surface area contributed by atoms with Crippen LogP contribution >= 0.6 is 0 Å². The monoisotopic (exact) mass is 565 g/mol. The average Bonchev–Trinajstić information content (AvgIpc) is 3.52. The number of aromatic carboxylic acids is 1. The van der Waals surface area contributed by atoms with Gasteiger partial charge in [-0.05, 0) is 26.2 Å². The van der Waals surface area contributed by atoms with Crippen molar-refractivity contribution in [3.8, 4) is 11.1 Å². The van der Waals surface area contributed by atoms with Gasteiger partial charge in [0.2, 0.25) is 5.43 Å². The summed E-state index contributed by atoms with van der Waals surface area (Å²) in [5, 5.41) is 12.7. The number of likely N-dealkylation sites (N-methyl/N-ethyl adjacent to an activating group) is 1. The molecule has 1 saturated heterocycles. The molecule has 5 heterocycles. The van der Waals surface area contributed by atoms with Gasteiger partial charge in [-0.3, -0.25) is 4.79 Å². The standard InChI is InChI=1S/C28H26F3N7O3/c1-32-19-7-17(29)22(31)21-14-6-13(12-5-15-24(39)16(28(40)41)9-37(4)26(15)33-8-12)27(35-25(14)34-23(19)21)38-10-18(30)20(11-38)36(2)3/h5-9,18,20,32H,10-11H2,1-4H3,(H,34,35)(H,40,41). The number of alkyl halides is 1. The predicted molar refractivity (Wildman–Crippen MR) is 151 cm³/mol. The molecule has 1 fully saturated rings. The highest BCUT2D eigenvalue weighted by Crippen LogP contribution is 2.40. The number of benzene rings is 1. The van der Waals surface area contributed by atoms with Crippen molar-refractivity contribution in [1.82, 2.24) is 24.4 Å². The molecule has 13 heteroatoms. The first-order chi connectivity index (χ1) is 19.5. The summed E-state index contributed by atoms with van der Waals surface area (Å²) < 4.78 is 46.3. The number of carbonyl (C=O) groups is 1. The molecule has 4 aromatic heterocycles. The second kappa shape index (κ2) is 9.47. The molecule has 6 rings (SSSR count). The van der Waals surface area contributed by atoms with Crippen LogP contribution in [-0.4, -0.2) is 81.9 Å². The van der Waals surface area contributed by atoms with Gasteiger partial charge in [-0.1, -0.05) is 0 Å². The van der Waals surface area contributed by atoms with Crippen LogP contribution in [0.15, 0.2) is 35.4 Å². The lowest BCUT2D eigenvalue weighted by molar-refractivity contribution is 0.0695. The molecule has 0 radical (unpaired) electrons. The van der Waals surface area contributed by atoms with Crippen molar-refractivity contribution in [1.29, 1.82) is 0 Å². The number of nitrogens with zero attached hydrogens (tertiary/aromatic N) is 5. The molecule has 0 spiro atoms. The second-order valence-corrected chi connectivity index (χ2v) is 10.4. The fourth-order valence-corrected chi connectivity index (χ4v) is 5.64. The lowest BCUT2D eigenvalue weighted by Gasteiger charge is -2.23. The number of fused-ring (bicyclic) bond motifs is 4. The molecular formula is C28H26F3N7O3. The maximum Gasteiger partial charge on any atom is 0.341 e. The number of aromatic nitrogens is 4. The van der Waals surface area contributed by atoms with E-state index in [-0.39, 0.29) is 34.0 Å². The number of H-pyrrole nitrogens is 1. The van der Waals surface area contributed by atoms with Crippen LogP contribution in [0.4, 0.5) is 24.7 Å². The molecule has 1 aliphatic rings. The lowest BCUT2D eigenvalue weighted by atomic mass is 10.0. The Balaban J connectivity index is 1.67. The zero-order valence-corrected chi connectivity index (χ0v) is 22.6. The number of halogens is 3. The number of carboxylic acid groups (broad SMARTS) is 1. The van der Waals surface area contributed by atoms with Gasteiger partial charge in [0.25, 0.3) is 0 Å². The Morgan fingerprint density at radius 3 is 2.61 bits per heavy atom. The molecule has 10 nitrogen and oxygen atoms in total. The van der Waals surface area contributed by atoms with E-state index in [0.29, 0.717) is 34.7 Å². The number of anilines is 2. The van der Waals surface area contributed by atoms with Crippen molar-refractivity contribution < 1.29 is 23.1 Å². The van der Waals surface area contributed by atoms with Crippen molar-refractivity contribution >= 4 is 50.4 Å². The minimum absolute atomic E-state index is 0.0153. The van der Waals surface area contributed by atoms with Gasteiger partial charge >= 0.3 is 5.97 Å². The largest absolute Gasteiger partial charge is 0.477 e. The van der Waals surface area contributed by atoms with Gasteiger partial charge in [0.1, 0.15) is 28.8 Å². The second-order valence-electron chi connectivity index (χ2n) is 10.4. The molecule has 0 saturated carbocycles. The third-order valence-corrected chi connectivity index (χ3v) is 7.74. The van der Waals surface area contributed by atoms with E-state index in [4.69, 9.17) is 4.98 Å². The summed E-state index contributed by atoms with van der Waals surface area (Å²) >= 11 is 0. The smallest absolute Gasteiger partial charge is 0.341 e. The summed E-state index contributed by atoms with van der Waals surface area (Å²) in [6, 6.07) is 3.75.